The van der Waals surface area contributed by atoms with Crippen molar-refractivity contribution < 1.29 is 4.79 Å². The van der Waals surface area contributed by atoms with Gasteiger partial charge in [0.05, 0.1) is 0 Å². The molecule has 0 aromatic heterocycles. The summed E-state index contributed by atoms with van der Waals surface area (Å²) in [4.78, 5) is 18.3. The number of carbonyl (C=O) groups excluding carboxylic acids is 1. The van der Waals surface area contributed by atoms with Crippen LogP contribution in [0.1, 0.15) is 45.4 Å². The minimum atomic E-state index is 0. The van der Waals surface area contributed by atoms with Crippen LogP contribution in [0.4, 0.5) is 0 Å². The second-order valence-corrected chi connectivity index (χ2v) is 6.10. The van der Waals surface area contributed by atoms with Gasteiger partial charge in [-0.25, -0.2) is 0 Å². The maximum Gasteiger partial charge on any atom is 0.221 e. The number of carbonyl (C=O) groups is 1. The number of nitrogens with one attached hydrogen (secondary N) is 2. The standard InChI is InChI=1S/C15H28N4O.HI/c1-3-9-17-13(20)5-10-18-14(16-2)19-11-8-15(12-19)6-4-7-15;/h3-12H2,1-2H3,(H,16,18)(H,17,20);1H. The van der Waals surface area contributed by atoms with E-state index >= 15 is 0 Å². The predicted molar refractivity (Wildman–Crippen MR) is 97.2 cm³/mol. The number of amides is 1. The van der Waals surface area contributed by atoms with E-state index in [2.05, 4.69) is 27.4 Å². The molecule has 5 nitrogen and oxygen atoms in total. The Balaban J connectivity index is 0.00000220. The third-order valence-electron chi connectivity index (χ3n) is 4.57. The van der Waals surface area contributed by atoms with Gasteiger partial charge >= 0.3 is 0 Å². The Morgan fingerprint density at radius 1 is 1.24 bits per heavy atom. The van der Waals surface area contributed by atoms with E-state index in [4.69, 9.17) is 0 Å². The fraction of sp³-hybridized carbons (Fsp3) is 0.867. The van der Waals surface area contributed by atoms with Gasteiger partial charge in [-0.15, -0.1) is 24.0 Å². The summed E-state index contributed by atoms with van der Waals surface area (Å²) >= 11 is 0. The summed E-state index contributed by atoms with van der Waals surface area (Å²) in [5, 5.41) is 6.21. The molecule has 0 unspecified atom stereocenters. The molecule has 2 fully saturated rings. The van der Waals surface area contributed by atoms with E-state index in [0.29, 0.717) is 18.4 Å². The predicted octanol–water partition coefficient (Wildman–Crippen LogP) is 1.97. The Kier molecular flexibility index (Phi) is 7.76. The van der Waals surface area contributed by atoms with Gasteiger partial charge in [0.15, 0.2) is 5.96 Å². The number of hydrogen-bond acceptors (Lipinski definition) is 2. The number of aliphatic imine (C=N–C) groups is 1. The van der Waals surface area contributed by atoms with E-state index in [1.165, 1.54) is 25.7 Å². The molecular weight excluding hydrogens is 379 g/mol. The largest absolute Gasteiger partial charge is 0.356 e. The van der Waals surface area contributed by atoms with Crippen LogP contribution in [0.5, 0.6) is 0 Å². The Bertz CT molecular complexity index is 369. The molecular formula is C15H29IN4O. The van der Waals surface area contributed by atoms with E-state index in [1.54, 1.807) is 0 Å². The summed E-state index contributed by atoms with van der Waals surface area (Å²) in [5.74, 6) is 1.07. The van der Waals surface area contributed by atoms with Crippen molar-refractivity contribution in [3.63, 3.8) is 0 Å². The number of rotatable bonds is 5. The highest BCUT2D eigenvalue weighted by Crippen LogP contribution is 2.47. The summed E-state index contributed by atoms with van der Waals surface area (Å²) in [6.45, 7) is 5.72. The molecule has 1 spiro atoms. The molecule has 1 aliphatic carbocycles. The minimum Gasteiger partial charge on any atom is -0.356 e. The second-order valence-electron chi connectivity index (χ2n) is 6.10. The van der Waals surface area contributed by atoms with Crippen LogP contribution < -0.4 is 10.6 Å². The Morgan fingerprint density at radius 3 is 2.52 bits per heavy atom. The van der Waals surface area contributed by atoms with E-state index in [1.807, 2.05) is 7.05 Å². The van der Waals surface area contributed by atoms with Crippen LogP contribution >= 0.6 is 24.0 Å². The lowest BCUT2D eigenvalue weighted by Gasteiger charge is -2.38. The van der Waals surface area contributed by atoms with Crippen molar-refractivity contribution in [2.24, 2.45) is 10.4 Å². The molecule has 21 heavy (non-hydrogen) atoms. The number of halogens is 1. The maximum absolute atomic E-state index is 11.5. The molecule has 6 heteroatoms. The third kappa shape index (κ3) is 5.00. The van der Waals surface area contributed by atoms with Crippen LogP contribution in [0, 0.1) is 5.41 Å². The summed E-state index contributed by atoms with van der Waals surface area (Å²) in [6, 6.07) is 0. The SMILES string of the molecule is CCCNC(=O)CCNC(=NC)N1CCC2(CCC2)C1.I. The van der Waals surface area contributed by atoms with Crippen molar-refractivity contribution in [2.45, 2.75) is 45.4 Å². The second kappa shape index (κ2) is 8.80. The van der Waals surface area contributed by atoms with E-state index in [-0.39, 0.29) is 29.9 Å². The average molecular weight is 408 g/mol. The van der Waals surface area contributed by atoms with E-state index in [0.717, 1.165) is 32.0 Å². The quantitative estimate of drug-likeness (QED) is 0.416. The van der Waals surface area contributed by atoms with Crippen LogP contribution in [0.2, 0.25) is 0 Å². The van der Waals surface area contributed by atoms with Crippen molar-refractivity contribution in [1.82, 2.24) is 15.5 Å². The van der Waals surface area contributed by atoms with Gasteiger partial charge in [-0.05, 0) is 31.1 Å². The molecule has 0 aromatic carbocycles. The fourth-order valence-corrected chi connectivity index (χ4v) is 3.17. The Labute approximate surface area is 145 Å². The van der Waals surface area contributed by atoms with Crippen molar-refractivity contribution >= 4 is 35.8 Å². The molecule has 1 saturated heterocycles. The van der Waals surface area contributed by atoms with Crippen LogP contribution in [-0.4, -0.2) is 50.0 Å². The Hall–Kier alpha value is -0.530. The molecule has 2 N–H and O–H groups in total. The molecule has 1 saturated carbocycles. The summed E-state index contributed by atoms with van der Waals surface area (Å²) < 4.78 is 0. The topological polar surface area (TPSA) is 56.7 Å². The number of guanidine groups is 1. The molecule has 0 atom stereocenters. The van der Waals surface area contributed by atoms with Crippen LogP contribution in [0.15, 0.2) is 4.99 Å². The molecule has 1 aliphatic heterocycles. The lowest BCUT2D eigenvalue weighted by atomic mass is 9.68. The molecule has 2 aliphatic rings. The molecule has 2 rings (SSSR count). The molecule has 1 amide bonds. The summed E-state index contributed by atoms with van der Waals surface area (Å²) in [7, 11) is 1.82. The van der Waals surface area contributed by atoms with Crippen molar-refractivity contribution in [3.05, 3.63) is 0 Å². The van der Waals surface area contributed by atoms with E-state index < -0.39 is 0 Å². The van der Waals surface area contributed by atoms with Crippen LogP contribution in [0.3, 0.4) is 0 Å². The highest BCUT2D eigenvalue weighted by Gasteiger charge is 2.43. The number of nitrogens with zero attached hydrogens (tertiary/aromatic N) is 2. The third-order valence-corrected chi connectivity index (χ3v) is 4.57. The van der Waals surface area contributed by atoms with Gasteiger partial charge in [-0.1, -0.05) is 13.3 Å². The molecule has 1 heterocycles. The van der Waals surface area contributed by atoms with Gasteiger partial charge in [0.25, 0.3) is 0 Å². The average Bonchev–Trinajstić information content (AvgIpc) is 2.86. The first kappa shape index (κ1) is 18.5. The monoisotopic (exact) mass is 408 g/mol. The van der Waals surface area contributed by atoms with Gasteiger partial charge in [0.1, 0.15) is 0 Å². The first-order valence-electron chi connectivity index (χ1n) is 7.91. The minimum absolute atomic E-state index is 0. The van der Waals surface area contributed by atoms with Gasteiger partial charge in [-0.2, -0.15) is 0 Å². The zero-order valence-corrected chi connectivity index (χ0v) is 15.6. The molecule has 0 aromatic rings. The fourth-order valence-electron chi connectivity index (χ4n) is 3.17. The Morgan fingerprint density at radius 2 is 2.00 bits per heavy atom. The zero-order valence-electron chi connectivity index (χ0n) is 13.3. The van der Waals surface area contributed by atoms with E-state index in [9.17, 15) is 4.79 Å². The zero-order chi connectivity index (χ0) is 14.4. The van der Waals surface area contributed by atoms with Gasteiger partial charge in [0, 0.05) is 39.6 Å². The lowest BCUT2D eigenvalue weighted by Crippen LogP contribution is -2.43. The van der Waals surface area contributed by atoms with Crippen LogP contribution in [0.25, 0.3) is 0 Å². The molecule has 122 valence electrons. The van der Waals surface area contributed by atoms with Gasteiger partial charge in [0.2, 0.25) is 5.91 Å². The number of hydrogen-bond donors (Lipinski definition) is 2. The van der Waals surface area contributed by atoms with Gasteiger partial charge in [-0.3, -0.25) is 9.79 Å². The highest BCUT2D eigenvalue weighted by atomic mass is 127. The lowest BCUT2D eigenvalue weighted by molar-refractivity contribution is -0.120. The summed E-state index contributed by atoms with van der Waals surface area (Å²) in [6.07, 6.45) is 6.93. The highest BCUT2D eigenvalue weighted by molar-refractivity contribution is 14.0. The van der Waals surface area contributed by atoms with Crippen molar-refractivity contribution in [1.29, 1.82) is 0 Å². The molecule has 0 bridgehead atoms. The summed E-state index contributed by atoms with van der Waals surface area (Å²) in [5.41, 5.74) is 0.579. The number of likely N-dealkylation sites (tertiary alicyclic amines) is 1. The van der Waals surface area contributed by atoms with Crippen molar-refractivity contribution in [3.8, 4) is 0 Å². The normalized spacial score (nSPS) is 19.9. The van der Waals surface area contributed by atoms with Crippen LogP contribution in [-0.2, 0) is 4.79 Å². The van der Waals surface area contributed by atoms with Crippen molar-refractivity contribution in [2.75, 3.05) is 33.2 Å². The first-order valence-corrected chi connectivity index (χ1v) is 7.91. The molecule has 0 radical (unpaired) electrons. The van der Waals surface area contributed by atoms with Gasteiger partial charge < -0.3 is 15.5 Å². The maximum atomic E-state index is 11.5. The smallest absolute Gasteiger partial charge is 0.221 e. The first-order chi connectivity index (χ1) is 9.69.